The highest BCUT2D eigenvalue weighted by Gasteiger charge is 2.26. The summed E-state index contributed by atoms with van der Waals surface area (Å²) < 4.78 is 26.1. The summed E-state index contributed by atoms with van der Waals surface area (Å²) in [5.74, 6) is -0.359. The molecule has 0 bridgehead atoms. The first-order valence-corrected chi connectivity index (χ1v) is 13.7. The standard InChI is InChI=1S/C26H37N3O4S/c1-5-22-14-16-24(17-15-22)29(34(4,32)33)19-10-13-25(30)28(21(3)26(31)27-6-2)20-18-23-11-8-7-9-12-23/h7-9,11-12,14-17,21H,5-6,10,13,18-20H2,1-4H3,(H,27,31)/t21-/m1/s1. The number of likely N-dealkylation sites (N-methyl/N-ethyl adjacent to an activating group) is 1. The van der Waals surface area contributed by atoms with E-state index in [1.807, 2.05) is 56.3 Å². The van der Waals surface area contributed by atoms with Crippen molar-refractivity contribution >= 4 is 27.5 Å². The summed E-state index contributed by atoms with van der Waals surface area (Å²) in [4.78, 5) is 27.2. The second kappa shape index (κ2) is 13.1. The lowest BCUT2D eigenvalue weighted by Gasteiger charge is -2.29. The van der Waals surface area contributed by atoms with Gasteiger partial charge in [0.2, 0.25) is 21.8 Å². The van der Waals surface area contributed by atoms with E-state index in [4.69, 9.17) is 0 Å². The topological polar surface area (TPSA) is 86.8 Å². The van der Waals surface area contributed by atoms with Crippen molar-refractivity contribution in [1.29, 1.82) is 0 Å². The Hall–Kier alpha value is -2.87. The minimum absolute atomic E-state index is 0.150. The molecule has 1 atom stereocenters. The number of rotatable bonds is 13. The molecule has 0 saturated heterocycles. The van der Waals surface area contributed by atoms with Gasteiger partial charge < -0.3 is 10.2 Å². The Labute approximate surface area is 204 Å². The van der Waals surface area contributed by atoms with Gasteiger partial charge in [-0.25, -0.2) is 8.42 Å². The molecular weight excluding hydrogens is 450 g/mol. The maximum atomic E-state index is 13.1. The predicted molar refractivity (Wildman–Crippen MR) is 137 cm³/mol. The lowest BCUT2D eigenvalue weighted by Crippen LogP contribution is -2.48. The molecule has 0 heterocycles. The molecular formula is C26H37N3O4S. The van der Waals surface area contributed by atoms with E-state index in [0.29, 0.717) is 31.6 Å². The Morgan fingerprint density at radius 3 is 2.15 bits per heavy atom. The van der Waals surface area contributed by atoms with E-state index < -0.39 is 16.1 Å². The maximum Gasteiger partial charge on any atom is 0.242 e. The number of aryl methyl sites for hydroxylation is 1. The molecule has 2 rings (SSSR count). The molecule has 8 heteroatoms. The highest BCUT2D eigenvalue weighted by molar-refractivity contribution is 7.92. The fourth-order valence-corrected chi connectivity index (χ4v) is 4.76. The van der Waals surface area contributed by atoms with Gasteiger partial charge in [-0.1, -0.05) is 49.4 Å². The van der Waals surface area contributed by atoms with E-state index in [-0.39, 0.29) is 24.8 Å². The predicted octanol–water partition coefficient (Wildman–Crippen LogP) is 3.39. The van der Waals surface area contributed by atoms with Gasteiger partial charge in [-0.2, -0.15) is 0 Å². The van der Waals surface area contributed by atoms with E-state index in [0.717, 1.165) is 17.5 Å². The smallest absolute Gasteiger partial charge is 0.242 e. The zero-order valence-corrected chi connectivity index (χ0v) is 21.5. The molecule has 0 unspecified atom stereocenters. The minimum atomic E-state index is -3.49. The van der Waals surface area contributed by atoms with E-state index in [9.17, 15) is 18.0 Å². The summed E-state index contributed by atoms with van der Waals surface area (Å²) in [6.07, 6.45) is 3.18. The van der Waals surface area contributed by atoms with Gasteiger partial charge >= 0.3 is 0 Å². The molecule has 0 fully saturated rings. The van der Waals surface area contributed by atoms with Gasteiger partial charge in [0.15, 0.2) is 0 Å². The molecule has 0 aliphatic heterocycles. The Bertz CT molecular complexity index is 1020. The fourth-order valence-electron chi connectivity index (χ4n) is 3.79. The second-order valence-electron chi connectivity index (χ2n) is 8.35. The van der Waals surface area contributed by atoms with Crippen molar-refractivity contribution in [1.82, 2.24) is 10.2 Å². The number of nitrogens with one attached hydrogen (secondary N) is 1. The Kier molecular flexibility index (Phi) is 10.6. The zero-order valence-electron chi connectivity index (χ0n) is 20.7. The molecule has 0 radical (unpaired) electrons. The highest BCUT2D eigenvalue weighted by Crippen LogP contribution is 2.20. The summed E-state index contributed by atoms with van der Waals surface area (Å²) >= 11 is 0. The van der Waals surface area contributed by atoms with Crippen LogP contribution >= 0.6 is 0 Å². The largest absolute Gasteiger partial charge is 0.355 e. The van der Waals surface area contributed by atoms with Crippen LogP contribution in [0.2, 0.25) is 0 Å². The SMILES string of the molecule is CCNC(=O)[C@@H](C)N(CCc1ccccc1)C(=O)CCCN(c1ccc(CC)cc1)S(C)(=O)=O. The molecule has 2 aromatic carbocycles. The second-order valence-corrected chi connectivity index (χ2v) is 10.3. The highest BCUT2D eigenvalue weighted by atomic mass is 32.2. The number of carbonyl (C=O) groups excluding carboxylic acids is 2. The third kappa shape index (κ3) is 8.17. The van der Waals surface area contributed by atoms with E-state index in [1.165, 1.54) is 10.6 Å². The van der Waals surface area contributed by atoms with Crippen molar-refractivity contribution in [3.05, 3.63) is 65.7 Å². The van der Waals surface area contributed by atoms with Crippen molar-refractivity contribution < 1.29 is 18.0 Å². The summed E-state index contributed by atoms with van der Waals surface area (Å²) in [5, 5.41) is 2.78. The molecule has 0 saturated carbocycles. The number of benzene rings is 2. The average Bonchev–Trinajstić information content (AvgIpc) is 2.82. The number of nitrogens with zero attached hydrogens (tertiary/aromatic N) is 2. The molecule has 2 amide bonds. The van der Waals surface area contributed by atoms with Gasteiger partial charge in [-0.3, -0.25) is 13.9 Å². The molecule has 7 nitrogen and oxygen atoms in total. The first-order chi connectivity index (χ1) is 16.2. The van der Waals surface area contributed by atoms with Gasteiger partial charge in [0.25, 0.3) is 0 Å². The molecule has 0 aliphatic rings. The average molecular weight is 488 g/mol. The summed E-state index contributed by atoms with van der Waals surface area (Å²) in [7, 11) is -3.49. The van der Waals surface area contributed by atoms with Gasteiger partial charge in [-0.15, -0.1) is 0 Å². The van der Waals surface area contributed by atoms with Crippen LogP contribution in [0.1, 0.15) is 44.7 Å². The maximum absolute atomic E-state index is 13.1. The Morgan fingerprint density at radius 2 is 1.59 bits per heavy atom. The van der Waals surface area contributed by atoms with Crippen molar-refractivity contribution in [3.63, 3.8) is 0 Å². The number of hydrogen-bond donors (Lipinski definition) is 1. The van der Waals surface area contributed by atoms with Gasteiger partial charge in [-0.05, 0) is 56.4 Å². The van der Waals surface area contributed by atoms with E-state index in [1.54, 1.807) is 24.0 Å². The van der Waals surface area contributed by atoms with Crippen LogP contribution in [-0.2, 0) is 32.5 Å². The molecule has 34 heavy (non-hydrogen) atoms. The van der Waals surface area contributed by atoms with Crippen LogP contribution in [0, 0.1) is 0 Å². The van der Waals surface area contributed by atoms with E-state index >= 15 is 0 Å². The van der Waals surface area contributed by atoms with Crippen LogP contribution in [0.5, 0.6) is 0 Å². The first kappa shape index (κ1) is 27.4. The van der Waals surface area contributed by atoms with Crippen LogP contribution in [0.3, 0.4) is 0 Å². The number of carbonyl (C=O) groups is 2. The van der Waals surface area contributed by atoms with Gasteiger partial charge in [0.05, 0.1) is 11.9 Å². The molecule has 2 aromatic rings. The number of hydrogen-bond acceptors (Lipinski definition) is 4. The van der Waals surface area contributed by atoms with E-state index in [2.05, 4.69) is 5.32 Å². The molecule has 1 N–H and O–H groups in total. The van der Waals surface area contributed by atoms with Crippen LogP contribution in [0.15, 0.2) is 54.6 Å². The van der Waals surface area contributed by atoms with Crippen molar-refractivity contribution in [3.8, 4) is 0 Å². The van der Waals surface area contributed by atoms with Crippen LogP contribution in [0.4, 0.5) is 5.69 Å². The zero-order chi connectivity index (χ0) is 25.1. The summed E-state index contributed by atoms with van der Waals surface area (Å²) in [6.45, 7) is 6.71. The third-order valence-corrected chi connectivity index (χ3v) is 6.98. The van der Waals surface area contributed by atoms with Crippen LogP contribution in [-0.4, -0.2) is 57.1 Å². The van der Waals surface area contributed by atoms with Gasteiger partial charge in [0, 0.05) is 26.1 Å². The Morgan fingerprint density at radius 1 is 0.941 bits per heavy atom. The Balaban J connectivity index is 2.08. The molecule has 0 spiro atoms. The molecule has 0 aliphatic carbocycles. The number of sulfonamides is 1. The summed E-state index contributed by atoms with van der Waals surface area (Å²) in [5.41, 5.74) is 2.80. The third-order valence-electron chi connectivity index (χ3n) is 5.79. The normalized spacial score (nSPS) is 12.1. The minimum Gasteiger partial charge on any atom is -0.355 e. The lowest BCUT2D eigenvalue weighted by molar-refractivity contribution is -0.139. The van der Waals surface area contributed by atoms with Crippen molar-refractivity contribution in [2.45, 2.75) is 52.5 Å². The lowest BCUT2D eigenvalue weighted by atomic mass is 10.1. The monoisotopic (exact) mass is 487 g/mol. The van der Waals surface area contributed by atoms with Gasteiger partial charge in [0.1, 0.15) is 6.04 Å². The van der Waals surface area contributed by atoms with Crippen LogP contribution in [0.25, 0.3) is 0 Å². The molecule has 186 valence electrons. The summed E-state index contributed by atoms with van der Waals surface area (Å²) in [6, 6.07) is 16.6. The number of anilines is 1. The number of amides is 2. The fraction of sp³-hybridized carbons (Fsp3) is 0.462. The first-order valence-electron chi connectivity index (χ1n) is 11.8. The molecule has 0 aromatic heterocycles. The van der Waals surface area contributed by atoms with Crippen molar-refractivity contribution in [2.75, 3.05) is 30.2 Å². The van der Waals surface area contributed by atoms with Crippen LogP contribution < -0.4 is 9.62 Å². The quantitative estimate of drug-likeness (QED) is 0.469. The van der Waals surface area contributed by atoms with Crippen molar-refractivity contribution in [2.24, 2.45) is 0 Å².